The summed E-state index contributed by atoms with van der Waals surface area (Å²) in [4.78, 5) is 17.7. The summed E-state index contributed by atoms with van der Waals surface area (Å²) in [5.74, 6) is 3.17. The van der Waals surface area contributed by atoms with Crippen LogP contribution in [0.2, 0.25) is 0 Å². The van der Waals surface area contributed by atoms with Crippen LogP contribution in [-0.2, 0) is 12.7 Å². The van der Waals surface area contributed by atoms with E-state index in [9.17, 15) is 13.2 Å². The third-order valence-corrected chi connectivity index (χ3v) is 7.39. The van der Waals surface area contributed by atoms with Crippen molar-refractivity contribution in [1.82, 2.24) is 24.7 Å². The van der Waals surface area contributed by atoms with Crippen LogP contribution in [0, 0.1) is 18.8 Å². The number of benzene rings is 1. The van der Waals surface area contributed by atoms with Crippen molar-refractivity contribution in [2.75, 3.05) is 34.8 Å². The lowest BCUT2D eigenvalue weighted by molar-refractivity contribution is -0.137. The van der Waals surface area contributed by atoms with Gasteiger partial charge in [-0.05, 0) is 62.3 Å². The van der Waals surface area contributed by atoms with Crippen molar-refractivity contribution in [2.24, 2.45) is 11.8 Å². The molecule has 1 aromatic carbocycles. The molecule has 0 amide bonds. The number of hydrogen-bond donors (Lipinski definition) is 1. The SMILES string of the molecule is Cc1cc(N2CC3CC[C@@H](C2)C3Nc2nc3n(n2)CCCN3c2ccc(C(F)(F)F)cc2)ncn1. The van der Waals surface area contributed by atoms with Gasteiger partial charge in [0.25, 0.3) is 0 Å². The summed E-state index contributed by atoms with van der Waals surface area (Å²) in [6.45, 7) is 5.25. The van der Waals surface area contributed by atoms with Crippen LogP contribution in [0.25, 0.3) is 0 Å². The van der Waals surface area contributed by atoms with E-state index in [1.165, 1.54) is 12.1 Å². The Hall–Kier alpha value is -3.37. The maximum absolute atomic E-state index is 13.0. The van der Waals surface area contributed by atoms with Gasteiger partial charge in [-0.15, -0.1) is 5.10 Å². The maximum atomic E-state index is 13.0. The molecule has 1 aliphatic carbocycles. The van der Waals surface area contributed by atoms with Gasteiger partial charge < -0.3 is 15.1 Å². The third-order valence-electron chi connectivity index (χ3n) is 7.39. The molecule has 4 heterocycles. The third kappa shape index (κ3) is 4.17. The number of hydrogen-bond acceptors (Lipinski definition) is 7. The zero-order chi connectivity index (χ0) is 24.2. The Morgan fingerprint density at radius 1 is 1.00 bits per heavy atom. The number of alkyl halides is 3. The van der Waals surface area contributed by atoms with Gasteiger partial charge >= 0.3 is 6.18 Å². The second-order valence-corrected chi connectivity index (χ2v) is 9.70. The quantitative estimate of drug-likeness (QED) is 0.593. The Morgan fingerprint density at radius 3 is 2.43 bits per heavy atom. The van der Waals surface area contributed by atoms with Gasteiger partial charge in [-0.3, -0.25) is 0 Å². The van der Waals surface area contributed by atoms with E-state index in [2.05, 4.69) is 20.2 Å². The topological polar surface area (TPSA) is 75.0 Å². The Balaban J connectivity index is 1.19. The normalized spacial score (nSPS) is 23.9. The summed E-state index contributed by atoms with van der Waals surface area (Å²) >= 11 is 0. The Morgan fingerprint density at radius 2 is 1.74 bits per heavy atom. The van der Waals surface area contributed by atoms with E-state index in [1.54, 1.807) is 6.33 Å². The van der Waals surface area contributed by atoms with Crippen LogP contribution in [0.4, 0.5) is 36.6 Å². The number of fused-ring (bicyclic) bond motifs is 3. The van der Waals surface area contributed by atoms with Crippen LogP contribution >= 0.6 is 0 Å². The molecular formula is C24H27F3N8. The Labute approximate surface area is 201 Å². The molecule has 1 N–H and O–H groups in total. The van der Waals surface area contributed by atoms with E-state index in [1.807, 2.05) is 22.6 Å². The van der Waals surface area contributed by atoms with Crippen LogP contribution < -0.4 is 15.1 Å². The highest BCUT2D eigenvalue weighted by Gasteiger charge is 2.43. The molecule has 3 aromatic rings. The van der Waals surface area contributed by atoms with Gasteiger partial charge in [-0.2, -0.15) is 18.2 Å². The van der Waals surface area contributed by atoms with E-state index >= 15 is 0 Å². The molecule has 6 rings (SSSR count). The highest BCUT2D eigenvalue weighted by atomic mass is 19.4. The van der Waals surface area contributed by atoms with E-state index in [-0.39, 0.29) is 6.04 Å². The van der Waals surface area contributed by atoms with Crippen molar-refractivity contribution in [3.8, 4) is 0 Å². The van der Waals surface area contributed by atoms with Crippen molar-refractivity contribution in [3.63, 3.8) is 0 Å². The summed E-state index contributed by atoms with van der Waals surface area (Å²) in [5.41, 5.74) is 1.00. The van der Waals surface area contributed by atoms with Gasteiger partial charge in [0.1, 0.15) is 12.1 Å². The van der Waals surface area contributed by atoms with Gasteiger partial charge in [0, 0.05) is 49.7 Å². The molecule has 1 saturated carbocycles. The largest absolute Gasteiger partial charge is 0.416 e. The fourth-order valence-electron chi connectivity index (χ4n) is 5.71. The first-order chi connectivity index (χ1) is 16.8. The fourth-order valence-corrected chi connectivity index (χ4v) is 5.71. The van der Waals surface area contributed by atoms with Crippen molar-refractivity contribution >= 4 is 23.4 Å². The van der Waals surface area contributed by atoms with E-state index in [0.29, 0.717) is 36.0 Å². The van der Waals surface area contributed by atoms with Crippen molar-refractivity contribution < 1.29 is 13.2 Å². The molecule has 2 unspecified atom stereocenters. The molecular weight excluding hydrogens is 457 g/mol. The lowest BCUT2D eigenvalue weighted by Crippen LogP contribution is -2.48. The number of aryl methyl sites for hydroxylation is 2. The minimum Gasteiger partial charge on any atom is -0.356 e. The number of nitrogens with zero attached hydrogens (tertiary/aromatic N) is 7. The smallest absolute Gasteiger partial charge is 0.356 e. The van der Waals surface area contributed by atoms with Crippen LogP contribution in [-0.4, -0.2) is 50.4 Å². The van der Waals surface area contributed by atoms with Crippen molar-refractivity contribution in [1.29, 1.82) is 0 Å². The second-order valence-electron chi connectivity index (χ2n) is 9.70. The fraction of sp³-hybridized carbons (Fsp3) is 0.500. The van der Waals surface area contributed by atoms with Gasteiger partial charge in [0.15, 0.2) is 0 Å². The molecule has 2 fully saturated rings. The van der Waals surface area contributed by atoms with Crippen LogP contribution in [0.5, 0.6) is 0 Å². The number of nitrogens with one attached hydrogen (secondary N) is 1. The van der Waals surface area contributed by atoms with E-state index < -0.39 is 11.7 Å². The average molecular weight is 485 g/mol. The lowest BCUT2D eigenvalue weighted by Gasteiger charge is -2.38. The summed E-state index contributed by atoms with van der Waals surface area (Å²) in [6.07, 6.45) is 0.415. The number of piperidine rings is 1. The van der Waals surface area contributed by atoms with Gasteiger partial charge in [0.2, 0.25) is 11.9 Å². The zero-order valence-electron chi connectivity index (χ0n) is 19.4. The first-order valence-corrected chi connectivity index (χ1v) is 12.0. The molecule has 0 radical (unpaired) electrons. The molecule has 8 nitrogen and oxygen atoms in total. The summed E-state index contributed by atoms with van der Waals surface area (Å²) in [6, 6.07) is 7.57. The highest BCUT2D eigenvalue weighted by Crippen LogP contribution is 2.40. The van der Waals surface area contributed by atoms with E-state index in [0.717, 1.165) is 62.5 Å². The molecule has 0 spiro atoms. The summed E-state index contributed by atoms with van der Waals surface area (Å²) in [5, 5.41) is 8.31. The first-order valence-electron chi connectivity index (χ1n) is 12.0. The number of anilines is 4. The van der Waals surface area contributed by atoms with Gasteiger partial charge in [-0.25, -0.2) is 14.6 Å². The van der Waals surface area contributed by atoms with E-state index in [4.69, 9.17) is 10.1 Å². The van der Waals surface area contributed by atoms with Gasteiger partial charge in [-0.1, -0.05) is 0 Å². The number of halogens is 3. The summed E-state index contributed by atoms with van der Waals surface area (Å²) in [7, 11) is 0. The molecule has 2 bridgehead atoms. The molecule has 184 valence electrons. The molecule has 3 aliphatic rings. The minimum absolute atomic E-state index is 0.290. The molecule has 11 heteroatoms. The zero-order valence-corrected chi connectivity index (χ0v) is 19.4. The lowest BCUT2D eigenvalue weighted by atomic mass is 9.92. The average Bonchev–Trinajstić information content (AvgIpc) is 3.34. The number of aromatic nitrogens is 5. The summed E-state index contributed by atoms with van der Waals surface area (Å²) < 4.78 is 40.8. The van der Waals surface area contributed by atoms with Gasteiger partial charge in [0.05, 0.1) is 5.56 Å². The monoisotopic (exact) mass is 484 g/mol. The van der Waals surface area contributed by atoms with Crippen LogP contribution in [0.1, 0.15) is 30.5 Å². The molecule has 1 saturated heterocycles. The molecule has 2 aromatic heterocycles. The molecule has 35 heavy (non-hydrogen) atoms. The molecule has 2 aliphatic heterocycles. The van der Waals surface area contributed by atoms with Crippen molar-refractivity contribution in [3.05, 3.63) is 47.9 Å². The predicted octanol–water partition coefficient (Wildman–Crippen LogP) is 4.26. The standard InChI is InChI=1S/C24H27F3N8/c1-15-11-20(29-14-28-15)33-12-16-3-4-17(13-33)21(16)30-22-31-23-34(9-2-10-35(23)32-22)19-7-5-18(6-8-19)24(25,26)27/h5-8,11,14,16-17,21H,2-4,9-10,12-13H2,1H3,(H,30,32)/t16-,17?,21?/m0/s1. The Bertz CT molecular complexity index is 1190. The predicted molar refractivity (Wildman–Crippen MR) is 126 cm³/mol. The van der Waals surface area contributed by atoms with Crippen LogP contribution in [0.15, 0.2) is 36.7 Å². The van der Waals surface area contributed by atoms with Crippen LogP contribution in [0.3, 0.4) is 0 Å². The first kappa shape index (κ1) is 22.1. The Kier molecular flexibility index (Phi) is 5.30. The highest BCUT2D eigenvalue weighted by molar-refractivity contribution is 5.60. The number of rotatable bonds is 4. The molecule has 3 atom stereocenters. The second kappa shape index (κ2) is 8.39. The van der Waals surface area contributed by atoms with Crippen molar-refractivity contribution in [2.45, 2.75) is 44.9 Å². The minimum atomic E-state index is -4.35. The maximum Gasteiger partial charge on any atom is 0.416 e.